The number of aryl methyl sites for hydroxylation is 1. The minimum Gasteiger partial charge on any atom is -0.480 e. The number of alkyl halides is 2. The zero-order valence-corrected chi connectivity index (χ0v) is 19.9. The number of halogens is 4. The summed E-state index contributed by atoms with van der Waals surface area (Å²) in [6.07, 6.45) is 0. The normalized spacial score (nSPS) is 13.2. The quantitative estimate of drug-likeness (QED) is 0.291. The van der Waals surface area contributed by atoms with Crippen molar-refractivity contribution in [3.8, 4) is 23.0 Å². The number of fused-ring (bicyclic) bond motifs is 1. The van der Waals surface area contributed by atoms with Crippen LogP contribution in [0.2, 0.25) is 0 Å². The molecule has 1 atom stereocenters. The van der Waals surface area contributed by atoms with E-state index < -0.39 is 35.2 Å². The van der Waals surface area contributed by atoms with E-state index in [2.05, 4.69) is 35.3 Å². The number of hydrogen-bond acceptors (Lipinski definition) is 8. The van der Waals surface area contributed by atoms with E-state index in [1.165, 1.54) is 29.9 Å². The summed E-state index contributed by atoms with van der Waals surface area (Å²) in [6, 6.07) is 9.61. The number of tetrazole rings is 1. The molecule has 0 amide bonds. The Kier molecular flexibility index (Phi) is 6.40. The molecular formula is C24H19F4N7O3. The van der Waals surface area contributed by atoms with Crippen LogP contribution in [0.15, 0.2) is 48.5 Å². The molecule has 0 aliphatic rings. The average Bonchev–Trinajstić information content (AvgIpc) is 3.55. The summed E-state index contributed by atoms with van der Waals surface area (Å²) in [5.41, 5.74) is -2.47. The number of aliphatic hydroxyl groups is 1. The molecule has 3 aromatic heterocycles. The van der Waals surface area contributed by atoms with Crippen molar-refractivity contribution in [2.75, 3.05) is 7.11 Å². The Morgan fingerprint density at radius 1 is 1.05 bits per heavy atom. The van der Waals surface area contributed by atoms with Crippen molar-refractivity contribution in [1.82, 2.24) is 35.2 Å². The van der Waals surface area contributed by atoms with Crippen LogP contribution < -0.4 is 9.47 Å². The van der Waals surface area contributed by atoms with Crippen LogP contribution in [0.4, 0.5) is 17.6 Å². The molecule has 0 fully saturated rings. The van der Waals surface area contributed by atoms with Gasteiger partial charge in [0.2, 0.25) is 11.7 Å². The van der Waals surface area contributed by atoms with Gasteiger partial charge in [0.15, 0.2) is 17.1 Å². The Balaban J connectivity index is 1.81. The van der Waals surface area contributed by atoms with Crippen LogP contribution in [0.3, 0.4) is 0 Å². The van der Waals surface area contributed by atoms with Gasteiger partial charge in [0.1, 0.15) is 17.4 Å². The molecule has 0 spiro atoms. The number of nitrogens with one attached hydrogen (secondary N) is 1. The fraction of sp³-hybridized carbons (Fsp3) is 0.208. The molecule has 38 heavy (non-hydrogen) atoms. The second-order valence-electron chi connectivity index (χ2n) is 8.01. The number of ether oxygens (including phenoxy) is 2. The summed E-state index contributed by atoms with van der Waals surface area (Å²) in [7, 11) is 1.38. The van der Waals surface area contributed by atoms with Gasteiger partial charge in [-0.25, -0.2) is 13.8 Å². The molecule has 0 saturated heterocycles. The number of hydrogen-bond donors (Lipinski definition) is 2. The fourth-order valence-corrected chi connectivity index (χ4v) is 4.33. The number of methoxy groups -OCH3 is 1. The van der Waals surface area contributed by atoms with Gasteiger partial charge in [-0.05, 0) is 36.4 Å². The SMILES string of the molecule is CCn1c(C(O)(c2ccccc2F)c2ccc(OC(F)F)cc2F)nc2nc(OC)c(-c3nn[nH]n3)cc21. The first-order chi connectivity index (χ1) is 18.3. The molecule has 5 rings (SSSR count). The molecule has 1 unspecified atom stereocenters. The van der Waals surface area contributed by atoms with Crippen molar-refractivity contribution < 1.29 is 32.1 Å². The molecule has 5 aromatic rings. The van der Waals surface area contributed by atoms with Crippen molar-refractivity contribution in [2.24, 2.45) is 0 Å². The molecule has 0 aliphatic carbocycles. The van der Waals surface area contributed by atoms with Gasteiger partial charge < -0.3 is 19.1 Å². The van der Waals surface area contributed by atoms with E-state index in [0.29, 0.717) is 17.1 Å². The number of rotatable bonds is 8. The van der Waals surface area contributed by atoms with E-state index in [0.717, 1.165) is 18.2 Å². The molecule has 196 valence electrons. The van der Waals surface area contributed by atoms with Gasteiger partial charge >= 0.3 is 6.61 Å². The Bertz CT molecular complexity index is 1610. The molecule has 2 aromatic carbocycles. The smallest absolute Gasteiger partial charge is 0.387 e. The van der Waals surface area contributed by atoms with Crippen molar-refractivity contribution in [2.45, 2.75) is 25.7 Å². The molecule has 14 heteroatoms. The van der Waals surface area contributed by atoms with Crippen molar-refractivity contribution in [3.63, 3.8) is 0 Å². The van der Waals surface area contributed by atoms with E-state index in [1.54, 1.807) is 13.0 Å². The van der Waals surface area contributed by atoms with Gasteiger partial charge in [-0.3, -0.25) is 0 Å². The fourth-order valence-electron chi connectivity index (χ4n) is 4.33. The van der Waals surface area contributed by atoms with Gasteiger partial charge in [0.25, 0.3) is 0 Å². The van der Waals surface area contributed by atoms with Crippen LogP contribution in [-0.2, 0) is 12.1 Å². The van der Waals surface area contributed by atoms with E-state index in [4.69, 9.17) is 4.74 Å². The minimum absolute atomic E-state index is 0.0961. The zero-order chi connectivity index (χ0) is 27.0. The molecule has 0 aliphatic heterocycles. The first kappa shape index (κ1) is 25.1. The number of benzene rings is 2. The highest BCUT2D eigenvalue weighted by Crippen LogP contribution is 2.41. The minimum atomic E-state index is -3.19. The first-order valence-electron chi connectivity index (χ1n) is 11.2. The van der Waals surface area contributed by atoms with Gasteiger partial charge in [0, 0.05) is 23.7 Å². The van der Waals surface area contributed by atoms with E-state index in [-0.39, 0.29) is 35.3 Å². The van der Waals surface area contributed by atoms with E-state index >= 15 is 8.78 Å². The van der Waals surface area contributed by atoms with Crippen LogP contribution in [0.5, 0.6) is 11.6 Å². The highest BCUT2D eigenvalue weighted by molar-refractivity contribution is 5.81. The lowest BCUT2D eigenvalue weighted by Crippen LogP contribution is -2.34. The standard InChI is InChI=1S/C24H19F4N7O3/c1-3-35-18-11-13(19-31-33-34-32-19)21(37-2)29-20(18)30-22(35)24(36,14-6-4-5-7-16(14)25)15-9-8-12(10-17(15)26)38-23(27)28/h4-11,23,36H,3H2,1-2H3,(H,31,32,33,34). The third-order valence-electron chi connectivity index (χ3n) is 5.94. The van der Waals surface area contributed by atoms with Crippen molar-refractivity contribution in [3.05, 3.63) is 77.1 Å². The predicted molar refractivity (Wildman–Crippen MR) is 124 cm³/mol. The number of pyridine rings is 1. The second kappa shape index (κ2) is 9.70. The molecule has 0 saturated carbocycles. The Morgan fingerprint density at radius 3 is 2.45 bits per heavy atom. The summed E-state index contributed by atoms with van der Waals surface area (Å²) in [6.45, 7) is -1.26. The van der Waals surface area contributed by atoms with Gasteiger partial charge in [-0.2, -0.15) is 19.0 Å². The summed E-state index contributed by atoms with van der Waals surface area (Å²) in [4.78, 5) is 8.86. The van der Waals surface area contributed by atoms with E-state index in [9.17, 15) is 13.9 Å². The summed E-state index contributed by atoms with van der Waals surface area (Å²) < 4.78 is 67.2. The number of aromatic amines is 1. The molecule has 2 N–H and O–H groups in total. The third-order valence-corrected chi connectivity index (χ3v) is 5.94. The molecular weight excluding hydrogens is 510 g/mol. The van der Waals surface area contributed by atoms with Crippen molar-refractivity contribution >= 4 is 11.2 Å². The summed E-state index contributed by atoms with van der Waals surface area (Å²) >= 11 is 0. The molecule has 3 heterocycles. The molecule has 0 radical (unpaired) electrons. The number of aromatic nitrogens is 7. The maximum absolute atomic E-state index is 15.5. The topological polar surface area (TPSA) is 124 Å². The summed E-state index contributed by atoms with van der Waals surface area (Å²) in [5.74, 6) is -2.36. The first-order valence-corrected chi connectivity index (χ1v) is 11.2. The number of H-pyrrole nitrogens is 1. The lowest BCUT2D eigenvalue weighted by Gasteiger charge is -2.30. The monoisotopic (exact) mass is 529 g/mol. The maximum Gasteiger partial charge on any atom is 0.387 e. The maximum atomic E-state index is 15.5. The molecule has 0 bridgehead atoms. The highest BCUT2D eigenvalue weighted by atomic mass is 19.3. The largest absolute Gasteiger partial charge is 0.480 e. The van der Waals surface area contributed by atoms with Crippen LogP contribution in [0, 0.1) is 11.6 Å². The van der Waals surface area contributed by atoms with Crippen LogP contribution in [0.1, 0.15) is 23.9 Å². The van der Waals surface area contributed by atoms with Gasteiger partial charge in [-0.1, -0.05) is 18.2 Å². The van der Waals surface area contributed by atoms with Crippen LogP contribution >= 0.6 is 0 Å². The molecule has 10 nitrogen and oxygen atoms in total. The van der Waals surface area contributed by atoms with Gasteiger partial charge in [-0.15, -0.1) is 10.2 Å². The summed E-state index contributed by atoms with van der Waals surface area (Å²) in [5, 5.41) is 26.0. The average molecular weight is 529 g/mol. The number of nitrogens with zero attached hydrogens (tertiary/aromatic N) is 6. The zero-order valence-electron chi connectivity index (χ0n) is 19.9. The van der Waals surface area contributed by atoms with Crippen LogP contribution in [0.25, 0.3) is 22.6 Å². The highest BCUT2D eigenvalue weighted by Gasteiger charge is 2.43. The lowest BCUT2D eigenvalue weighted by molar-refractivity contribution is -0.0500. The Morgan fingerprint density at radius 2 is 1.82 bits per heavy atom. The lowest BCUT2D eigenvalue weighted by atomic mass is 9.84. The third kappa shape index (κ3) is 4.08. The van der Waals surface area contributed by atoms with Crippen molar-refractivity contribution in [1.29, 1.82) is 0 Å². The Labute approximate surface area is 211 Å². The van der Waals surface area contributed by atoms with Crippen LogP contribution in [-0.4, -0.2) is 54.0 Å². The Hall–Kier alpha value is -4.59. The number of imidazole rings is 1. The second-order valence-corrected chi connectivity index (χ2v) is 8.01. The van der Waals surface area contributed by atoms with E-state index in [1.807, 2.05) is 0 Å². The van der Waals surface area contributed by atoms with Gasteiger partial charge in [0.05, 0.1) is 18.2 Å². The predicted octanol–water partition coefficient (Wildman–Crippen LogP) is 3.80.